The number of hydrogen-bond acceptors (Lipinski definition) is 4. The van der Waals surface area contributed by atoms with Crippen molar-refractivity contribution in [3.8, 4) is 0 Å². The van der Waals surface area contributed by atoms with E-state index >= 15 is 0 Å². The van der Waals surface area contributed by atoms with E-state index in [-0.39, 0.29) is 0 Å². The van der Waals surface area contributed by atoms with E-state index in [9.17, 15) is 0 Å². The predicted octanol–water partition coefficient (Wildman–Crippen LogP) is 2.85. The van der Waals surface area contributed by atoms with Crippen molar-refractivity contribution in [2.75, 3.05) is 12.5 Å². The maximum atomic E-state index is 5.22. The van der Waals surface area contributed by atoms with Crippen molar-refractivity contribution in [1.82, 2.24) is 4.98 Å². The van der Waals surface area contributed by atoms with Crippen LogP contribution in [0.1, 0.15) is 17.5 Å². The molecule has 0 atom stereocenters. The summed E-state index contributed by atoms with van der Waals surface area (Å²) in [5, 5.41) is 0. The Hall–Kier alpha value is -0.0600. The van der Waals surface area contributed by atoms with Crippen LogP contribution in [0.15, 0.2) is 4.34 Å². The number of ether oxygens (including phenoxy) is 1. The molecule has 0 fully saturated rings. The van der Waals surface area contributed by atoms with Gasteiger partial charge in [0.1, 0.15) is 0 Å². The summed E-state index contributed by atoms with van der Waals surface area (Å²) < 4.78 is 6.33. The van der Waals surface area contributed by atoms with E-state index in [0.29, 0.717) is 5.94 Å². The molecule has 0 aliphatic heterocycles. The molecule has 1 heterocycles. The van der Waals surface area contributed by atoms with Crippen molar-refractivity contribution in [1.29, 1.82) is 0 Å². The van der Waals surface area contributed by atoms with Crippen LogP contribution < -0.4 is 0 Å². The van der Waals surface area contributed by atoms with Gasteiger partial charge in [-0.1, -0.05) is 11.8 Å². The standard InChI is InChI=1S/C8H13NOS2/c1-4-10-5-11-8-9-6(2)7(3)12-8/h4-5H2,1-3H3. The van der Waals surface area contributed by atoms with Crippen LogP contribution in [0.5, 0.6) is 0 Å². The van der Waals surface area contributed by atoms with Crippen molar-refractivity contribution in [3.05, 3.63) is 10.6 Å². The lowest BCUT2D eigenvalue weighted by atomic mass is 10.4. The highest BCUT2D eigenvalue weighted by Gasteiger charge is 2.02. The van der Waals surface area contributed by atoms with Gasteiger partial charge in [-0.2, -0.15) is 0 Å². The van der Waals surface area contributed by atoms with Crippen molar-refractivity contribution >= 4 is 23.1 Å². The number of hydrogen-bond donors (Lipinski definition) is 0. The molecule has 1 rings (SSSR count). The Bertz CT molecular complexity index is 228. The first-order valence-electron chi connectivity index (χ1n) is 3.88. The Morgan fingerprint density at radius 2 is 2.25 bits per heavy atom. The van der Waals surface area contributed by atoms with Crippen LogP contribution in [-0.2, 0) is 4.74 Å². The molecule has 1 aromatic rings. The molecule has 0 saturated heterocycles. The van der Waals surface area contributed by atoms with E-state index in [4.69, 9.17) is 4.74 Å². The van der Waals surface area contributed by atoms with E-state index in [0.717, 1.165) is 16.6 Å². The zero-order valence-electron chi connectivity index (χ0n) is 7.59. The molecule has 0 spiro atoms. The second kappa shape index (κ2) is 4.84. The largest absolute Gasteiger partial charge is 0.371 e. The predicted molar refractivity (Wildman–Crippen MR) is 53.9 cm³/mol. The summed E-state index contributed by atoms with van der Waals surface area (Å²) in [6, 6.07) is 0. The lowest BCUT2D eigenvalue weighted by molar-refractivity contribution is 0.199. The highest BCUT2D eigenvalue weighted by Crippen LogP contribution is 2.26. The molecule has 0 amide bonds. The highest BCUT2D eigenvalue weighted by atomic mass is 32.2. The quantitative estimate of drug-likeness (QED) is 0.427. The molecular weight excluding hydrogens is 190 g/mol. The molecule has 0 unspecified atom stereocenters. The van der Waals surface area contributed by atoms with Gasteiger partial charge >= 0.3 is 0 Å². The van der Waals surface area contributed by atoms with E-state index in [1.807, 2.05) is 13.8 Å². The topological polar surface area (TPSA) is 22.1 Å². The van der Waals surface area contributed by atoms with Crippen LogP contribution in [-0.4, -0.2) is 17.5 Å². The van der Waals surface area contributed by atoms with Gasteiger partial charge in [0, 0.05) is 11.5 Å². The van der Waals surface area contributed by atoms with Crippen molar-refractivity contribution in [2.45, 2.75) is 25.1 Å². The average molecular weight is 203 g/mol. The zero-order valence-corrected chi connectivity index (χ0v) is 9.22. The summed E-state index contributed by atoms with van der Waals surface area (Å²) in [5.74, 6) is 0.711. The summed E-state index contributed by atoms with van der Waals surface area (Å²) in [5.41, 5.74) is 1.14. The second-order valence-corrected chi connectivity index (χ2v) is 4.75. The van der Waals surface area contributed by atoms with Crippen LogP contribution in [0, 0.1) is 13.8 Å². The monoisotopic (exact) mass is 203 g/mol. The summed E-state index contributed by atoms with van der Waals surface area (Å²) in [6.07, 6.45) is 0. The minimum absolute atomic E-state index is 0.711. The van der Waals surface area contributed by atoms with Crippen LogP contribution in [0.3, 0.4) is 0 Å². The molecule has 0 aliphatic rings. The number of rotatable bonds is 4. The van der Waals surface area contributed by atoms with Gasteiger partial charge in [0.25, 0.3) is 0 Å². The van der Waals surface area contributed by atoms with Gasteiger partial charge in [-0.15, -0.1) is 11.3 Å². The van der Waals surface area contributed by atoms with Crippen LogP contribution in [0.4, 0.5) is 0 Å². The van der Waals surface area contributed by atoms with Gasteiger partial charge < -0.3 is 4.74 Å². The van der Waals surface area contributed by atoms with E-state index in [1.54, 1.807) is 23.1 Å². The average Bonchev–Trinajstić information content (AvgIpc) is 2.32. The summed E-state index contributed by atoms with van der Waals surface area (Å²) >= 11 is 3.40. The highest BCUT2D eigenvalue weighted by molar-refractivity contribution is 8.00. The molecule has 0 aliphatic carbocycles. The van der Waals surface area contributed by atoms with Crippen molar-refractivity contribution in [3.63, 3.8) is 0 Å². The Labute approximate surface area is 81.4 Å². The maximum Gasteiger partial charge on any atom is 0.152 e. The summed E-state index contributed by atoms with van der Waals surface area (Å²) in [7, 11) is 0. The van der Waals surface area contributed by atoms with E-state index < -0.39 is 0 Å². The third-order valence-corrected chi connectivity index (χ3v) is 3.57. The van der Waals surface area contributed by atoms with Gasteiger partial charge in [0.05, 0.1) is 11.6 Å². The van der Waals surface area contributed by atoms with Gasteiger partial charge in [-0.25, -0.2) is 4.98 Å². The number of aromatic nitrogens is 1. The Morgan fingerprint density at radius 3 is 2.75 bits per heavy atom. The first kappa shape index (κ1) is 10.0. The number of aryl methyl sites for hydroxylation is 2. The van der Waals surface area contributed by atoms with Gasteiger partial charge in [0.15, 0.2) is 4.34 Å². The molecule has 68 valence electrons. The van der Waals surface area contributed by atoms with E-state index in [2.05, 4.69) is 11.9 Å². The third kappa shape index (κ3) is 2.77. The zero-order chi connectivity index (χ0) is 8.97. The van der Waals surface area contributed by atoms with Crippen LogP contribution in [0.25, 0.3) is 0 Å². The molecule has 0 radical (unpaired) electrons. The maximum absolute atomic E-state index is 5.22. The molecule has 12 heavy (non-hydrogen) atoms. The minimum Gasteiger partial charge on any atom is -0.371 e. The fraction of sp³-hybridized carbons (Fsp3) is 0.625. The summed E-state index contributed by atoms with van der Waals surface area (Å²) in [4.78, 5) is 5.68. The van der Waals surface area contributed by atoms with Crippen molar-refractivity contribution in [2.24, 2.45) is 0 Å². The molecule has 4 heteroatoms. The smallest absolute Gasteiger partial charge is 0.152 e. The molecule has 1 aromatic heterocycles. The molecule has 0 aromatic carbocycles. The lowest BCUT2D eigenvalue weighted by Gasteiger charge is -1.95. The fourth-order valence-corrected chi connectivity index (χ4v) is 2.63. The molecule has 0 bridgehead atoms. The molecular formula is C8H13NOS2. The van der Waals surface area contributed by atoms with Crippen molar-refractivity contribution < 1.29 is 4.74 Å². The number of nitrogens with zero attached hydrogens (tertiary/aromatic N) is 1. The first-order chi connectivity index (χ1) is 5.74. The first-order valence-corrected chi connectivity index (χ1v) is 5.68. The minimum atomic E-state index is 0.711. The van der Waals surface area contributed by atoms with Gasteiger partial charge in [-0.05, 0) is 20.8 Å². The SMILES string of the molecule is CCOCSc1nc(C)c(C)s1. The van der Waals surface area contributed by atoms with E-state index in [1.165, 1.54) is 4.88 Å². The molecule has 0 saturated carbocycles. The number of thioether (sulfide) groups is 1. The Kier molecular flexibility index (Phi) is 4.05. The number of thiazole rings is 1. The molecule has 2 nitrogen and oxygen atoms in total. The third-order valence-electron chi connectivity index (χ3n) is 1.48. The van der Waals surface area contributed by atoms with Gasteiger partial charge in [-0.3, -0.25) is 0 Å². The van der Waals surface area contributed by atoms with Gasteiger partial charge in [0.2, 0.25) is 0 Å². The second-order valence-electron chi connectivity index (χ2n) is 2.38. The summed E-state index contributed by atoms with van der Waals surface area (Å²) in [6.45, 7) is 6.91. The Morgan fingerprint density at radius 1 is 1.50 bits per heavy atom. The lowest BCUT2D eigenvalue weighted by Crippen LogP contribution is -1.87. The fourth-order valence-electron chi connectivity index (χ4n) is 0.680. The Balaban J connectivity index is 2.42. The van der Waals surface area contributed by atoms with Crippen LogP contribution in [0.2, 0.25) is 0 Å². The molecule has 0 N–H and O–H groups in total. The van der Waals surface area contributed by atoms with Crippen LogP contribution >= 0.6 is 23.1 Å². The normalized spacial score (nSPS) is 10.6.